The number of hydrogen-bond donors (Lipinski definition) is 0. The SMILES string of the molecule is c1ccc2c(c1)cc(-c1cccc3oc4ccccc4c13)c1ccccc12. The fourth-order valence-corrected chi connectivity index (χ4v) is 4.28. The highest BCUT2D eigenvalue weighted by atomic mass is 16.3. The molecule has 0 spiro atoms. The van der Waals surface area contributed by atoms with E-state index in [0.717, 1.165) is 11.2 Å². The molecule has 0 amide bonds. The van der Waals surface area contributed by atoms with Gasteiger partial charge in [0.25, 0.3) is 0 Å². The standard InChI is InChI=1S/C26H16O/c1-2-9-18-17(8-1)16-23(20-11-4-3-10-19(18)20)21-13-7-15-25-26(21)22-12-5-6-14-24(22)27-25/h1-16H. The van der Waals surface area contributed by atoms with E-state index in [0.29, 0.717) is 0 Å². The lowest BCUT2D eigenvalue weighted by molar-refractivity contribution is 0.669. The summed E-state index contributed by atoms with van der Waals surface area (Å²) in [6.45, 7) is 0. The average Bonchev–Trinajstić information content (AvgIpc) is 3.12. The third-order valence-electron chi connectivity index (χ3n) is 5.46. The Kier molecular flexibility index (Phi) is 2.95. The lowest BCUT2D eigenvalue weighted by Gasteiger charge is -2.12. The lowest BCUT2D eigenvalue weighted by atomic mass is 9.91. The number of hydrogen-bond acceptors (Lipinski definition) is 1. The van der Waals surface area contributed by atoms with Crippen LogP contribution < -0.4 is 0 Å². The Morgan fingerprint density at radius 2 is 1.11 bits per heavy atom. The van der Waals surface area contributed by atoms with Crippen LogP contribution >= 0.6 is 0 Å². The maximum absolute atomic E-state index is 6.11. The third-order valence-corrected chi connectivity index (χ3v) is 5.46. The molecule has 0 saturated carbocycles. The van der Waals surface area contributed by atoms with Crippen molar-refractivity contribution in [3.8, 4) is 11.1 Å². The Morgan fingerprint density at radius 3 is 2.00 bits per heavy atom. The van der Waals surface area contributed by atoms with Crippen LogP contribution in [0.4, 0.5) is 0 Å². The van der Waals surface area contributed by atoms with E-state index in [4.69, 9.17) is 4.42 Å². The van der Waals surface area contributed by atoms with E-state index in [1.165, 1.54) is 43.4 Å². The smallest absolute Gasteiger partial charge is 0.136 e. The Bertz CT molecular complexity index is 1470. The number of benzene rings is 5. The highest BCUT2D eigenvalue weighted by Crippen LogP contribution is 2.41. The molecule has 0 atom stereocenters. The van der Waals surface area contributed by atoms with Crippen LogP contribution in [0.25, 0.3) is 54.6 Å². The molecule has 1 nitrogen and oxygen atoms in total. The van der Waals surface area contributed by atoms with Crippen molar-refractivity contribution in [1.82, 2.24) is 0 Å². The summed E-state index contributed by atoms with van der Waals surface area (Å²) in [4.78, 5) is 0. The first-order chi connectivity index (χ1) is 13.4. The molecule has 0 bridgehead atoms. The molecule has 0 fully saturated rings. The van der Waals surface area contributed by atoms with Gasteiger partial charge in [-0.1, -0.05) is 78.9 Å². The van der Waals surface area contributed by atoms with E-state index < -0.39 is 0 Å². The normalized spacial score (nSPS) is 11.7. The van der Waals surface area contributed by atoms with Gasteiger partial charge in [-0.2, -0.15) is 0 Å². The maximum atomic E-state index is 6.11. The van der Waals surface area contributed by atoms with Crippen molar-refractivity contribution < 1.29 is 4.42 Å². The molecule has 0 saturated heterocycles. The number of furan rings is 1. The summed E-state index contributed by atoms with van der Waals surface area (Å²) in [5, 5.41) is 7.47. The number of rotatable bonds is 1. The Balaban J connectivity index is 1.83. The zero-order valence-electron chi connectivity index (χ0n) is 14.6. The fourth-order valence-electron chi connectivity index (χ4n) is 4.28. The van der Waals surface area contributed by atoms with Gasteiger partial charge in [0.1, 0.15) is 11.2 Å². The minimum absolute atomic E-state index is 0.935. The van der Waals surface area contributed by atoms with Gasteiger partial charge >= 0.3 is 0 Å². The molecular formula is C26H16O. The molecule has 1 aromatic heterocycles. The van der Waals surface area contributed by atoms with Crippen LogP contribution in [0, 0.1) is 0 Å². The first kappa shape index (κ1) is 14.6. The first-order valence-corrected chi connectivity index (χ1v) is 9.21. The van der Waals surface area contributed by atoms with Crippen LogP contribution in [-0.2, 0) is 0 Å². The lowest BCUT2D eigenvalue weighted by Crippen LogP contribution is -1.85. The van der Waals surface area contributed by atoms with Crippen LogP contribution in [0.15, 0.2) is 101 Å². The summed E-state index contributed by atoms with van der Waals surface area (Å²) in [5.41, 5.74) is 4.34. The molecule has 27 heavy (non-hydrogen) atoms. The van der Waals surface area contributed by atoms with Gasteiger partial charge in [-0.3, -0.25) is 0 Å². The molecule has 0 aliphatic carbocycles. The molecule has 0 aliphatic rings. The van der Waals surface area contributed by atoms with E-state index in [2.05, 4.69) is 84.9 Å². The number of fused-ring (bicyclic) bond motifs is 6. The fraction of sp³-hybridized carbons (Fsp3) is 0. The van der Waals surface area contributed by atoms with Gasteiger partial charge in [-0.15, -0.1) is 0 Å². The van der Waals surface area contributed by atoms with E-state index in [-0.39, 0.29) is 0 Å². The maximum Gasteiger partial charge on any atom is 0.136 e. The molecule has 1 heteroatoms. The van der Waals surface area contributed by atoms with Crippen LogP contribution in [0.5, 0.6) is 0 Å². The van der Waals surface area contributed by atoms with Gasteiger partial charge in [-0.05, 0) is 50.9 Å². The Hall–Kier alpha value is -3.58. The van der Waals surface area contributed by atoms with Gasteiger partial charge in [0, 0.05) is 10.8 Å². The van der Waals surface area contributed by atoms with Crippen molar-refractivity contribution in [3.05, 3.63) is 97.1 Å². The molecule has 126 valence electrons. The minimum atomic E-state index is 0.935. The molecule has 0 N–H and O–H groups in total. The number of para-hydroxylation sites is 1. The summed E-state index contributed by atoms with van der Waals surface area (Å²) in [7, 11) is 0. The highest BCUT2D eigenvalue weighted by Gasteiger charge is 2.15. The third kappa shape index (κ3) is 2.06. The molecule has 0 radical (unpaired) electrons. The summed E-state index contributed by atoms with van der Waals surface area (Å²) in [6.07, 6.45) is 0. The van der Waals surface area contributed by atoms with Gasteiger partial charge in [-0.25, -0.2) is 0 Å². The van der Waals surface area contributed by atoms with Gasteiger partial charge in [0.2, 0.25) is 0 Å². The Labute approximate surface area is 156 Å². The first-order valence-electron chi connectivity index (χ1n) is 9.21. The zero-order chi connectivity index (χ0) is 17.8. The van der Waals surface area contributed by atoms with Crippen molar-refractivity contribution in [1.29, 1.82) is 0 Å². The predicted octanol–water partition coefficient (Wildman–Crippen LogP) is 7.56. The van der Waals surface area contributed by atoms with E-state index in [1.807, 2.05) is 12.1 Å². The second kappa shape index (κ2) is 5.46. The highest BCUT2D eigenvalue weighted by molar-refractivity contribution is 6.19. The van der Waals surface area contributed by atoms with E-state index in [1.54, 1.807) is 0 Å². The molecule has 5 aromatic carbocycles. The summed E-state index contributed by atoms with van der Waals surface area (Å²) < 4.78 is 6.11. The summed E-state index contributed by atoms with van der Waals surface area (Å²) in [5.74, 6) is 0. The molecule has 0 aliphatic heterocycles. The van der Waals surface area contributed by atoms with Crippen LogP contribution in [0.2, 0.25) is 0 Å². The van der Waals surface area contributed by atoms with Crippen LogP contribution in [-0.4, -0.2) is 0 Å². The van der Waals surface area contributed by atoms with Crippen LogP contribution in [0.1, 0.15) is 0 Å². The summed E-state index contributed by atoms with van der Waals surface area (Å²) in [6, 6.07) is 34.2. The quantitative estimate of drug-likeness (QED) is 0.280. The van der Waals surface area contributed by atoms with Crippen molar-refractivity contribution >= 4 is 43.5 Å². The second-order valence-corrected chi connectivity index (χ2v) is 6.97. The molecule has 6 rings (SSSR count). The van der Waals surface area contributed by atoms with Crippen molar-refractivity contribution in [2.75, 3.05) is 0 Å². The van der Waals surface area contributed by atoms with Crippen molar-refractivity contribution in [3.63, 3.8) is 0 Å². The Morgan fingerprint density at radius 1 is 0.444 bits per heavy atom. The molecule has 1 heterocycles. The van der Waals surface area contributed by atoms with Gasteiger partial charge in [0.15, 0.2) is 0 Å². The van der Waals surface area contributed by atoms with E-state index in [9.17, 15) is 0 Å². The largest absolute Gasteiger partial charge is 0.456 e. The topological polar surface area (TPSA) is 13.1 Å². The summed E-state index contributed by atoms with van der Waals surface area (Å²) >= 11 is 0. The van der Waals surface area contributed by atoms with Gasteiger partial charge in [0.05, 0.1) is 0 Å². The van der Waals surface area contributed by atoms with Crippen LogP contribution in [0.3, 0.4) is 0 Å². The molecule has 6 aromatic rings. The van der Waals surface area contributed by atoms with Gasteiger partial charge < -0.3 is 4.42 Å². The molecular weight excluding hydrogens is 328 g/mol. The van der Waals surface area contributed by atoms with E-state index >= 15 is 0 Å². The predicted molar refractivity (Wildman–Crippen MR) is 114 cm³/mol. The average molecular weight is 344 g/mol. The zero-order valence-corrected chi connectivity index (χ0v) is 14.6. The minimum Gasteiger partial charge on any atom is -0.456 e. The monoisotopic (exact) mass is 344 g/mol. The second-order valence-electron chi connectivity index (χ2n) is 6.97. The van der Waals surface area contributed by atoms with Crippen molar-refractivity contribution in [2.45, 2.75) is 0 Å². The molecule has 0 unspecified atom stereocenters. The van der Waals surface area contributed by atoms with Crippen molar-refractivity contribution in [2.24, 2.45) is 0 Å².